The lowest BCUT2D eigenvalue weighted by atomic mass is 10.2. The quantitative estimate of drug-likeness (QED) is 0.427. The summed E-state index contributed by atoms with van der Waals surface area (Å²) in [6, 6.07) is 19.8. The lowest BCUT2D eigenvalue weighted by molar-refractivity contribution is -0.123. The van der Waals surface area contributed by atoms with Crippen LogP contribution in [0.1, 0.15) is 31.8 Å². The summed E-state index contributed by atoms with van der Waals surface area (Å²) in [5, 5.41) is 0. The van der Waals surface area contributed by atoms with Crippen LogP contribution in [0.5, 0.6) is 11.5 Å². The zero-order valence-electron chi connectivity index (χ0n) is 16.2. The van der Waals surface area contributed by atoms with Crippen LogP contribution in [0.3, 0.4) is 0 Å². The van der Waals surface area contributed by atoms with Gasteiger partial charge in [-0.2, -0.15) is 0 Å². The number of thiophene rings is 1. The minimum absolute atomic E-state index is 0.118. The molecular formula is C22H20N2O5S. The first-order valence-corrected chi connectivity index (χ1v) is 9.92. The summed E-state index contributed by atoms with van der Waals surface area (Å²) in [5.74, 6) is 0.0431. The maximum absolute atomic E-state index is 12.0. The Labute approximate surface area is 177 Å². The van der Waals surface area contributed by atoms with Crippen LogP contribution >= 0.6 is 11.3 Å². The van der Waals surface area contributed by atoms with Crippen molar-refractivity contribution in [3.63, 3.8) is 0 Å². The Kier molecular flexibility index (Phi) is 7.18. The summed E-state index contributed by atoms with van der Waals surface area (Å²) in [6.07, 6.45) is 0. The normalized spacial score (nSPS) is 10.2. The van der Waals surface area contributed by atoms with Gasteiger partial charge in [-0.15, -0.1) is 11.3 Å². The third-order valence-electron chi connectivity index (χ3n) is 3.93. The molecule has 2 N–H and O–H groups in total. The summed E-state index contributed by atoms with van der Waals surface area (Å²) >= 11 is 1.06. The number of ether oxygens (including phenoxy) is 2. The molecule has 3 rings (SSSR count). The molecule has 0 radical (unpaired) electrons. The number of benzene rings is 2. The van der Waals surface area contributed by atoms with Gasteiger partial charge in [-0.1, -0.05) is 30.3 Å². The summed E-state index contributed by atoms with van der Waals surface area (Å²) in [6.45, 7) is 1.61. The fraction of sp³-hybridized carbons (Fsp3) is 0.136. The minimum atomic E-state index is -0.517. The van der Waals surface area contributed by atoms with E-state index in [1.54, 1.807) is 30.3 Å². The van der Waals surface area contributed by atoms with Gasteiger partial charge in [0.25, 0.3) is 11.8 Å². The highest BCUT2D eigenvalue weighted by atomic mass is 32.1. The number of rotatable bonds is 8. The third kappa shape index (κ3) is 6.18. The molecular weight excluding hydrogens is 404 g/mol. The SMILES string of the molecule is CC(=O)c1ccc(C(=O)NNC(=O)COc2ccc(OCc3ccccc3)cc2)s1. The number of Topliss-reactive ketones (excluding diaryl/α,β-unsaturated/α-hetero) is 1. The number of carbonyl (C=O) groups excluding carboxylic acids is 3. The van der Waals surface area contributed by atoms with Crippen LogP contribution in [0.25, 0.3) is 0 Å². The molecule has 30 heavy (non-hydrogen) atoms. The fourth-order valence-corrected chi connectivity index (χ4v) is 3.19. The van der Waals surface area contributed by atoms with E-state index in [2.05, 4.69) is 10.9 Å². The Morgan fingerprint density at radius 3 is 2.07 bits per heavy atom. The van der Waals surface area contributed by atoms with Crippen molar-refractivity contribution in [1.82, 2.24) is 10.9 Å². The number of nitrogens with one attached hydrogen (secondary N) is 2. The highest BCUT2D eigenvalue weighted by Gasteiger charge is 2.12. The van der Waals surface area contributed by atoms with Crippen molar-refractivity contribution in [1.29, 1.82) is 0 Å². The van der Waals surface area contributed by atoms with Crippen LogP contribution in [0.15, 0.2) is 66.7 Å². The van der Waals surface area contributed by atoms with Crippen LogP contribution in [-0.4, -0.2) is 24.2 Å². The predicted octanol–water partition coefficient (Wildman–Crippen LogP) is 3.37. The number of hydrogen-bond acceptors (Lipinski definition) is 6. The van der Waals surface area contributed by atoms with Crippen LogP contribution in [0, 0.1) is 0 Å². The van der Waals surface area contributed by atoms with Crippen molar-refractivity contribution in [2.75, 3.05) is 6.61 Å². The Bertz CT molecular complexity index is 1020. The van der Waals surface area contributed by atoms with Gasteiger partial charge in [0.15, 0.2) is 12.4 Å². The molecule has 0 fully saturated rings. The first-order chi connectivity index (χ1) is 14.5. The molecule has 2 amide bonds. The van der Waals surface area contributed by atoms with Gasteiger partial charge in [0.2, 0.25) is 0 Å². The van der Waals surface area contributed by atoms with Crippen LogP contribution in [0.4, 0.5) is 0 Å². The molecule has 0 aliphatic carbocycles. The molecule has 2 aromatic carbocycles. The van der Waals surface area contributed by atoms with Gasteiger partial charge in [0.05, 0.1) is 9.75 Å². The lowest BCUT2D eigenvalue weighted by Gasteiger charge is -2.09. The summed E-state index contributed by atoms with van der Waals surface area (Å²) in [7, 11) is 0. The molecule has 0 spiro atoms. The smallest absolute Gasteiger partial charge is 0.279 e. The van der Waals surface area contributed by atoms with E-state index in [4.69, 9.17) is 9.47 Å². The molecule has 8 heteroatoms. The standard InChI is InChI=1S/C22H20N2O5S/c1-15(25)19-11-12-20(30-19)22(27)24-23-21(26)14-29-18-9-7-17(8-10-18)28-13-16-5-3-2-4-6-16/h2-12H,13-14H2,1H3,(H,23,26)(H,24,27). The van der Waals surface area contributed by atoms with E-state index in [9.17, 15) is 14.4 Å². The van der Waals surface area contributed by atoms with E-state index >= 15 is 0 Å². The minimum Gasteiger partial charge on any atom is -0.489 e. The van der Waals surface area contributed by atoms with Gasteiger partial charge in [-0.3, -0.25) is 25.2 Å². The Morgan fingerprint density at radius 2 is 1.43 bits per heavy atom. The maximum Gasteiger partial charge on any atom is 0.279 e. The lowest BCUT2D eigenvalue weighted by Crippen LogP contribution is -2.43. The summed E-state index contributed by atoms with van der Waals surface area (Å²) < 4.78 is 11.1. The van der Waals surface area contributed by atoms with Crippen molar-refractivity contribution >= 4 is 28.9 Å². The second-order valence-corrected chi connectivity index (χ2v) is 7.34. The van der Waals surface area contributed by atoms with E-state index in [-0.39, 0.29) is 12.4 Å². The van der Waals surface area contributed by atoms with Gasteiger partial charge in [-0.05, 0) is 48.9 Å². The van der Waals surface area contributed by atoms with E-state index in [0.29, 0.717) is 27.9 Å². The molecule has 0 bridgehead atoms. The zero-order chi connectivity index (χ0) is 21.3. The van der Waals surface area contributed by atoms with E-state index < -0.39 is 11.8 Å². The van der Waals surface area contributed by atoms with Crippen LogP contribution in [-0.2, 0) is 11.4 Å². The molecule has 154 valence electrons. The largest absolute Gasteiger partial charge is 0.489 e. The average Bonchev–Trinajstić information content (AvgIpc) is 3.27. The Hall–Kier alpha value is -3.65. The van der Waals surface area contributed by atoms with Crippen LogP contribution in [0.2, 0.25) is 0 Å². The number of hydrazine groups is 1. The Balaban J connectivity index is 1.39. The van der Waals surface area contributed by atoms with Gasteiger partial charge >= 0.3 is 0 Å². The second-order valence-electron chi connectivity index (χ2n) is 6.26. The highest BCUT2D eigenvalue weighted by Crippen LogP contribution is 2.19. The molecule has 0 aliphatic heterocycles. The molecule has 7 nitrogen and oxygen atoms in total. The summed E-state index contributed by atoms with van der Waals surface area (Å²) in [5.41, 5.74) is 5.63. The average molecular weight is 424 g/mol. The molecule has 1 heterocycles. The fourth-order valence-electron chi connectivity index (χ4n) is 2.40. The van der Waals surface area contributed by atoms with E-state index in [1.807, 2.05) is 30.3 Å². The van der Waals surface area contributed by atoms with Crippen molar-refractivity contribution in [2.24, 2.45) is 0 Å². The molecule has 0 saturated heterocycles. The topological polar surface area (TPSA) is 93.7 Å². The zero-order valence-corrected chi connectivity index (χ0v) is 17.0. The predicted molar refractivity (Wildman–Crippen MR) is 113 cm³/mol. The molecule has 0 saturated carbocycles. The Morgan fingerprint density at radius 1 is 0.800 bits per heavy atom. The van der Waals surface area contributed by atoms with Crippen molar-refractivity contribution in [3.05, 3.63) is 82.0 Å². The first kappa shape index (κ1) is 21.1. The number of ketones is 1. The van der Waals surface area contributed by atoms with Crippen molar-refractivity contribution in [3.8, 4) is 11.5 Å². The molecule has 0 aliphatic rings. The second kappa shape index (κ2) is 10.2. The molecule has 0 unspecified atom stereocenters. The monoisotopic (exact) mass is 424 g/mol. The number of amides is 2. The first-order valence-electron chi connectivity index (χ1n) is 9.11. The van der Waals surface area contributed by atoms with Crippen molar-refractivity contribution < 1.29 is 23.9 Å². The number of carbonyl (C=O) groups is 3. The van der Waals surface area contributed by atoms with Crippen molar-refractivity contribution in [2.45, 2.75) is 13.5 Å². The summed E-state index contributed by atoms with van der Waals surface area (Å²) in [4.78, 5) is 35.9. The van der Waals surface area contributed by atoms with E-state index in [0.717, 1.165) is 16.9 Å². The van der Waals surface area contributed by atoms with Gasteiger partial charge < -0.3 is 9.47 Å². The third-order valence-corrected chi connectivity index (χ3v) is 5.12. The molecule has 3 aromatic rings. The number of hydrogen-bond donors (Lipinski definition) is 2. The highest BCUT2D eigenvalue weighted by molar-refractivity contribution is 7.15. The van der Waals surface area contributed by atoms with Gasteiger partial charge in [-0.25, -0.2) is 0 Å². The maximum atomic E-state index is 12.0. The van der Waals surface area contributed by atoms with E-state index in [1.165, 1.54) is 13.0 Å². The van der Waals surface area contributed by atoms with Gasteiger partial charge in [0, 0.05) is 0 Å². The molecule has 0 atom stereocenters. The van der Waals surface area contributed by atoms with Gasteiger partial charge in [0.1, 0.15) is 18.1 Å². The molecule has 1 aromatic heterocycles. The van der Waals surface area contributed by atoms with Crippen LogP contribution < -0.4 is 20.3 Å².